The number of hydrogen-bond donors (Lipinski definition) is 2. The molecule has 6 nitrogen and oxygen atoms in total. The van der Waals surface area contributed by atoms with Crippen molar-refractivity contribution in [1.29, 1.82) is 5.26 Å². The van der Waals surface area contributed by atoms with Crippen molar-refractivity contribution in [3.05, 3.63) is 10.5 Å². The van der Waals surface area contributed by atoms with Gasteiger partial charge in [-0.15, -0.1) is 5.10 Å². The first-order valence-electron chi connectivity index (χ1n) is 6.00. The second-order valence-electron chi connectivity index (χ2n) is 4.23. The van der Waals surface area contributed by atoms with Gasteiger partial charge < -0.3 is 0 Å². The van der Waals surface area contributed by atoms with Crippen molar-refractivity contribution in [2.45, 2.75) is 44.4 Å². The van der Waals surface area contributed by atoms with E-state index in [1.165, 1.54) is 11.8 Å². The second kappa shape index (κ2) is 6.61. The third-order valence-electron chi connectivity index (χ3n) is 2.47. The maximum Gasteiger partial charge on any atom is 0.343 e. The molecule has 1 rings (SSSR count). The van der Waals surface area contributed by atoms with E-state index in [1.807, 2.05) is 20.8 Å². The van der Waals surface area contributed by atoms with Gasteiger partial charge in [-0.3, -0.25) is 9.88 Å². The lowest BCUT2D eigenvalue weighted by atomic mass is 10.1. The van der Waals surface area contributed by atoms with Crippen molar-refractivity contribution in [2.24, 2.45) is 0 Å². The Bertz CT molecular complexity index is 475. The zero-order valence-electron chi connectivity index (χ0n) is 11.0. The van der Waals surface area contributed by atoms with E-state index >= 15 is 0 Å². The number of H-pyrrole nitrogens is 1. The summed E-state index contributed by atoms with van der Waals surface area (Å²) in [5.41, 5.74) is -0.799. The molecule has 0 aliphatic rings. The Morgan fingerprint density at radius 2 is 2.33 bits per heavy atom. The van der Waals surface area contributed by atoms with Crippen molar-refractivity contribution in [3.8, 4) is 6.07 Å². The molecule has 0 bridgehead atoms. The summed E-state index contributed by atoms with van der Waals surface area (Å²) in [4.78, 5) is 11.5. The first-order valence-corrected chi connectivity index (χ1v) is 6.99. The number of nitrogens with one attached hydrogen (secondary N) is 2. The minimum atomic E-state index is -0.606. The van der Waals surface area contributed by atoms with Crippen LogP contribution in [-0.4, -0.2) is 32.6 Å². The number of nitriles is 1. The Kier molecular flexibility index (Phi) is 5.44. The summed E-state index contributed by atoms with van der Waals surface area (Å²) in [6, 6.07) is 2.25. The van der Waals surface area contributed by atoms with Crippen LogP contribution in [0, 0.1) is 11.3 Å². The predicted molar refractivity (Wildman–Crippen MR) is 71.6 cm³/mol. The minimum absolute atomic E-state index is 0.193. The molecule has 1 aromatic heterocycles. The monoisotopic (exact) mass is 269 g/mol. The Balaban J connectivity index is 2.74. The van der Waals surface area contributed by atoms with Gasteiger partial charge >= 0.3 is 5.69 Å². The summed E-state index contributed by atoms with van der Waals surface area (Å²) in [6.45, 7) is 7.18. The van der Waals surface area contributed by atoms with Gasteiger partial charge in [0.15, 0.2) is 5.16 Å². The largest absolute Gasteiger partial charge is 0.343 e. The highest BCUT2D eigenvalue weighted by atomic mass is 32.2. The highest BCUT2D eigenvalue weighted by Gasteiger charge is 2.23. The number of aromatic nitrogens is 3. The van der Waals surface area contributed by atoms with Crippen LogP contribution in [0.1, 0.15) is 27.2 Å². The predicted octanol–water partition coefficient (Wildman–Crippen LogP) is 0.965. The van der Waals surface area contributed by atoms with Gasteiger partial charge in [-0.05, 0) is 19.9 Å². The fraction of sp³-hybridized carbons (Fsp3) is 0.727. The molecule has 0 radical (unpaired) electrons. The van der Waals surface area contributed by atoms with Crippen molar-refractivity contribution >= 4 is 11.8 Å². The van der Waals surface area contributed by atoms with E-state index in [0.29, 0.717) is 17.5 Å². The topological polar surface area (TPSA) is 86.5 Å². The van der Waals surface area contributed by atoms with Crippen molar-refractivity contribution in [3.63, 3.8) is 0 Å². The van der Waals surface area contributed by atoms with Gasteiger partial charge in [0, 0.05) is 12.3 Å². The quantitative estimate of drug-likeness (QED) is 0.720. The molecule has 0 amide bonds. The van der Waals surface area contributed by atoms with Crippen LogP contribution in [0.2, 0.25) is 0 Å². The third-order valence-corrected chi connectivity index (χ3v) is 3.77. The van der Waals surface area contributed by atoms with Gasteiger partial charge in [-0.2, -0.15) is 5.26 Å². The van der Waals surface area contributed by atoms with Gasteiger partial charge in [0.1, 0.15) is 5.54 Å². The van der Waals surface area contributed by atoms with Gasteiger partial charge in [0.25, 0.3) is 0 Å². The molecule has 0 aliphatic heterocycles. The van der Waals surface area contributed by atoms with Gasteiger partial charge in [0.05, 0.1) is 6.07 Å². The standard InChI is InChI=1S/C11H19N5OS/c1-4-6-16-9(17)14-15-10(16)18-8-11(3,7-12)13-5-2/h13H,4-6,8H2,1-3H3,(H,14,17). The normalized spacial score (nSPS) is 14.1. The van der Waals surface area contributed by atoms with Gasteiger partial charge in [-0.25, -0.2) is 9.89 Å². The molecule has 0 saturated heterocycles. The fourth-order valence-electron chi connectivity index (χ4n) is 1.56. The smallest absolute Gasteiger partial charge is 0.299 e. The summed E-state index contributed by atoms with van der Waals surface area (Å²) in [5, 5.41) is 19.3. The van der Waals surface area contributed by atoms with Crippen LogP contribution >= 0.6 is 11.8 Å². The van der Waals surface area contributed by atoms with Crippen LogP contribution in [0.5, 0.6) is 0 Å². The molecule has 1 unspecified atom stereocenters. The van der Waals surface area contributed by atoms with Crippen LogP contribution in [0.25, 0.3) is 0 Å². The highest BCUT2D eigenvalue weighted by molar-refractivity contribution is 7.99. The molecule has 0 saturated carbocycles. The molecule has 1 heterocycles. The SMILES string of the molecule is CCCn1c(SCC(C)(C#N)NCC)n[nH]c1=O. The Morgan fingerprint density at radius 1 is 1.61 bits per heavy atom. The number of aromatic amines is 1. The van der Waals surface area contributed by atoms with Crippen molar-refractivity contribution in [1.82, 2.24) is 20.1 Å². The fourth-order valence-corrected chi connectivity index (χ4v) is 2.58. The molecule has 7 heteroatoms. The Labute approximate surface area is 111 Å². The lowest BCUT2D eigenvalue weighted by Gasteiger charge is -2.21. The zero-order valence-corrected chi connectivity index (χ0v) is 11.8. The molecule has 2 N–H and O–H groups in total. The van der Waals surface area contributed by atoms with Gasteiger partial charge in [0.2, 0.25) is 0 Å². The second-order valence-corrected chi connectivity index (χ2v) is 5.17. The maximum absolute atomic E-state index is 11.5. The number of thioether (sulfide) groups is 1. The first kappa shape index (κ1) is 14.8. The van der Waals surface area contributed by atoms with Crippen molar-refractivity contribution in [2.75, 3.05) is 12.3 Å². The molecule has 0 aliphatic carbocycles. The maximum atomic E-state index is 11.5. The van der Waals surface area contributed by atoms with Crippen LogP contribution in [0.4, 0.5) is 0 Å². The zero-order chi connectivity index (χ0) is 13.6. The summed E-state index contributed by atoms with van der Waals surface area (Å²) >= 11 is 1.41. The van der Waals surface area contributed by atoms with E-state index in [4.69, 9.17) is 5.26 Å². The van der Waals surface area contributed by atoms with E-state index in [-0.39, 0.29) is 5.69 Å². The molecular formula is C11H19N5OS. The number of nitrogens with zero attached hydrogens (tertiary/aromatic N) is 3. The number of hydrogen-bond acceptors (Lipinski definition) is 5. The van der Waals surface area contributed by atoms with Crippen LogP contribution in [0.3, 0.4) is 0 Å². The summed E-state index contributed by atoms with van der Waals surface area (Å²) in [5.74, 6) is 0.547. The van der Waals surface area contributed by atoms with Crippen molar-refractivity contribution < 1.29 is 0 Å². The molecule has 0 fully saturated rings. The van der Waals surface area contributed by atoms with Crippen LogP contribution in [-0.2, 0) is 6.54 Å². The summed E-state index contributed by atoms with van der Waals surface area (Å²) in [6.07, 6.45) is 0.871. The Hall–Kier alpha value is -1.26. The summed E-state index contributed by atoms with van der Waals surface area (Å²) < 4.78 is 1.61. The number of rotatable bonds is 7. The lowest BCUT2D eigenvalue weighted by Crippen LogP contribution is -2.43. The highest BCUT2D eigenvalue weighted by Crippen LogP contribution is 2.19. The molecule has 100 valence electrons. The molecular weight excluding hydrogens is 250 g/mol. The average molecular weight is 269 g/mol. The molecule has 1 aromatic rings. The third kappa shape index (κ3) is 3.62. The van der Waals surface area contributed by atoms with Gasteiger partial charge in [-0.1, -0.05) is 25.6 Å². The van der Waals surface area contributed by atoms with E-state index in [2.05, 4.69) is 21.6 Å². The Morgan fingerprint density at radius 3 is 2.89 bits per heavy atom. The minimum Gasteiger partial charge on any atom is -0.299 e. The first-order chi connectivity index (χ1) is 8.56. The van der Waals surface area contributed by atoms with E-state index in [0.717, 1.165) is 13.0 Å². The van der Waals surface area contributed by atoms with E-state index in [1.54, 1.807) is 4.57 Å². The molecule has 18 heavy (non-hydrogen) atoms. The van der Waals surface area contributed by atoms with Crippen LogP contribution in [0.15, 0.2) is 9.95 Å². The molecule has 1 atom stereocenters. The van der Waals surface area contributed by atoms with Crippen LogP contribution < -0.4 is 11.0 Å². The lowest BCUT2D eigenvalue weighted by molar-refractivity contribution is 0.510. The van der Waals surface area contributed by atoms with E-state index < -0.39 is 5.54 Å². The molecule has 0 spiro atoms. The molecule has 0 aromatic carbocycles. The average Bonchev–Trinajstić information content (AvgIpc) is 2.70. The van der Waals surface area contributed by atoms with E-state index in [9.17, 15) is 4.79 Å². The summed E-state index contributed by atoms with van der Waals surface area (Å²) in [7, 11) is 0.